The van der Waals surface area contributed by atoms with E-state index < -0.39 is 0 Å². The summed E-state index contributed by atoms with van der Waals surface area (Å²) in [6, 6.07) is 76.9. The lowest BCUT2D eigenvalue weighted by molar-refractivity contribution is 1.07. The van der Waals surface area contributed by atoms with Gasteiger partial charge in [0, 0.05) is 16.5 Å². The Bertz CT molecular complexity index is 3240. The lowest BCUT2D eigenvalue weighted by atomic mass is 9.91. The Labute approximate surface area is 356 Å². The lowest BCUT2D eigenvalue weighted by Crippen LogP contribution is -2.00. The first-order valence-corrected chi connectivity index (χ1v) is 20.6. The van der Waals surface area contributed by atoms with Crippen molar-refractivity contribution in [3.63, 3.8) is 0 Å². The molecular weight excluding hydrogens is 739 g/mol. The van der Waals surface area contributed by atoms with E-state index in [0.717, 1.165) is 83.3 Å². The quantitative estimate of drug-likeness (QED) is 0.101. The van der Waals surface area contributed by atoms with E-state index in [-0.39, 0.29) is 0 Å². The molecule has 1 heterocycles. The number of nitrogens with zero attached hydrogens (tertiary/aromatic N) is 3. The number of allylic oxidation sites excluding steroid dienone is 1. The molecule has 3 nitrogen and oxygen atoms in total. The third kappa shape index (κ3) is 7.57. The number of aromatic nitrogens is 1. The van der Waals surface area contributed by atoms with E-state index >= 15 is 0 Å². The number of aliphatic imine (C=N–C) groups is 2. The lowest BCUT2D eigenvalue weighted by Gasteiger charge is -2.15. The Morgan fingerprint density at radius 2 is 1.05 bits per heavy atom. The van der Waals surface area contributed by atoms with E-state index in [1.165, 1.54) is 21.9 Å². The summed E-state index contributed by atoms with van der Waals surface area (Å²) in [6.45, 7) is 4.62. The van der Waals surface area contributed by atoms with Crippen molar-refractivity contribution in [2.24, 2.45) is 9.98 Å². The molecule has 10 rings (SSSR count). The summed E-state index contributed by atoms with van der Waals surface area (Å²) < 4.78 is 0. The number of pyridine rings is 1. The van der Waals surface area contributed by atoms with Crippen molar-refractivity contribution >= 4 is 50.6 Å². The van der Waals surface area contributed by atoms with Gasteiger partial charge < -0.3 is 0 Å². The first-order valence-electron chi connectivity index (χ1n) is 20.6. The third-order valence-electron chi connectivity index (χ3n) is 11.5. The second kappa shape index (κ2) is 16.7. The van der Waals surface area contributed by atoms with Gasteiger partial charge in [-0.05, 0) is 91.0 Å². The van der Waals surface area contributed by atoms with E-state index in [1.807, 2.05) is 18.2 Å². The van der Waals surface area contributed by atoms with Crippen LogP contribution in [0.1, 0.15) is 16.7 Å². The highest BCUT2D eigenvalue weighted by molar-refractivity contribution is 6.15. The largest absolute Gasteiger partial charge is 0.280 e. The Morgan fingerprint density at radius 3 is 1.75 bits per heavy atom. The van der Waals surface area contributed by atoms with Crippen LogP contribution in [0, 0.1) is 0 Å². The molecule has 0 spiro atoms. The number of hydrogen-bond acceptors (Lipinski definition) is 3. The van der Waals surface area contributed by atoms with Crippen LogP contribution in [-0.2, 0) is 6.54 Å². The van der Waals surface area contributed by atoms with E-state index in [0.29, 0.717) is 6.54 Å². The normalized spacial score (nSPS) is 11.9. The molecule has 0 fully saturated rings. The van der Waals surface area contributed by atoms with Gasteiger partial charge in [-0.1, -0.05) is 206 Å². The number of hydrogen-bond donors (Lipinski definition) is 0. The van der Waals surface area contributed by atoms with Gasteiger partial charge in [0.2, 0.25) is 0 Å². The zero-order chi connectivity index (χ0) is 41.0. The van der Waals surface area contributed by atoms with E-state index in [2.05, 4.69) is 218 Å². The van der Waals surface area contributed by atoms with Gasteiger partial charge in [0.1, 0.15) is 0 Å². The first-order chi connectivity index (χ1) is 30.2. The van der Waals surface area contributed by atoms with Crippen LogP contribution in [0.2, 0.25) is 0 Å². The highest BCUT2D eigenvalue weighted by Gasteiger charge is 2.16. The van der Waals surface area contributed by atoms with Crippen LogP contribution in [0.15, 0.2) is 234 Å². The number of fused-ring (bicyclic) bond motifs is 4. The molecule has 1 aromatic heterocycles. The van der Waals surface area contributed by atoms with Crippen LogP contribution in [0.5, 0.6) is 0 Å². The molecule has 0 atom stereocenters. The van der Waals surface area contributed by atoms with Gasteiger partial charge >= 0.3 is 0 Å². The molecule has 0 N–H and O–H groups in total. The molecule has 0 aliphatic heterocycles. The van der Waals surface area contributed by atoms with Crippen LogP contribution in [0.3, 0.4) is 0 Å². The van der Waals surface area contributed by atoms with Gasteiger partial charge in [-0.3, -0.25) is 9.98 Å². The van der Waals surface area contributed by atoms with Crippen molar-refractivity contribution in [3.05, 3.63) is 241 Å². The van der Waals surface area contributed by atoms with Crippen LogP contribution in [0.4, 0.5) is 0 Å². The minimum Gasteiger partial charge on any atom is -0.280 e. The fourth-order valence-corrected chi connectivity index (χ4v) is 8.38. The Morgan fingerprint density at radius 1 is 0.475 bits per heavy atom. The van der Waals surface area contributed by atoms with Gasteiger partial charge in [0.05, 0.1) is 29.2 Å². The molecule has 0 unspecified atom stereocenters. The maximum absolute atomic E-state index is 5.17. The highest BCUT2D eigenvalue weighted by Crippen LogP contribution is 2.39. The van der Waals surface area contributed by atoms with Crippen molar-refractivity contribution in [2.75, 3.05) is 0 Å². The summed E-state index contributed by atoms with van der Waals surface area (Å²) in [5, 5.41) is 5.81. The minimum atomic E-state index is 0.548. The smallest absolute Gasteiger partial charge is 0.0722 e. The molecule has 288 valence electrons. The van der Waals surface area contributed by atoms with Gasteiger partial charge in [-0.25, -0.2) is 4.98 Å². The van der Waals surface area contributed by atoms with Crippen molar-refractivity contribution in [3.8, 4) is 44.6 Å². The highest BCUT2D eigenvalue weighted by atomic mass is 14.8. The van der Waals surface area contributed by atoms with Gasteiger partial charge in [-0.2, -0.15) is 0 Å². The molecule has 0 saturated heterocycles. The van der Waals surface area contributed by atoms with Crippen molar-refractivity contribution < 1.29 is 0 Å². The van der Waals surface area contributed by atoms with Crippen LogP contribution in [0.25, 0.3) is 82.8 Å². The molecule has 9 aromatic carbocycles. The molecule has 0 aliphatic carbocycles. The maximum Gasteiger partial charge on any atom is 0.0722 e. The molecule has 0 aliphatic rings. The first kappa shape index (κ1) is 37.3. The standard InChI is InChI=1S/C58H41N3/c1-59-57(38-55(60-39-40-15-5-2-6-16-40)47-31-25-42(26-32-47)41-17-7-3-8-18-41)52-35-34-48(50-23-13-14-24-51(50)52)44-27-29-45(30-28-44)53-37-56(46-20-9-4-10-21-46)61-54-36-33-43-19-11-12-22-49(43)58(53)54/h2-38H,1,39H2/b57-38-,60-55?. The average Bonchev–Trinajstić information content (AvgIpc) is 3.34. The van der Waals surface area contributed by atoms with Crippen molar-refractivity contribution in [1.82, 2.24) is 4.98 Å². The predicted octanol–water partition coefficient (Wildman–Crippen LogP) is 14.9. The minimum absolute atomic E-state index is 0.548. The molecular formula is C58H41N3. The molecule has 0 radical (unpaired) electrons. The molecule has 0 saturated carbocycles. The van der Waals surface area contributed by atoms with Crippen LogP contribution in [-0.4, -0.2) is 17.4 Å². The fraction of sp³-hybridized carbons (Fsp3) is 0.0172. The Balaban J connectivity index is 1.04. The number of benzene rings is 9. The zero-order valence-corrected chi connectivity index (χ0v) is 33.6. The predicted molar refractivity (Wildman–Crippen MR) is 259 cm³/mol. The second-order valence-electron chi connectivity index (χ2n) is 15.2. The van der Waals surface area contributed by atoms with E-state index in [4.69, 9.17) is 9.98 Å². The summed E-state index contributed by atoms with van der Waals surface area (Å²) >= 11 is 0. The Hall–Kier alpha value is -8.01. The fourth-order valence-electron chi connectivity index (χ4n) is 8.38. The molecule has 0 amide bonds. The van der Waals surface area contributed by atoms with Gasteiger partial charge in [-0.15, -0.1) is 0 Å². The summed E-state index contributed by atoms with van der Waals surface area (Å²) in [5.41, 5.74) is 14.8. The topological polar surface area (TPSA) is 37.6 Å². The zero-order valence-electron chi connectivity index (χ0n) is 33.6. The van der Waals surface area contributed by atoms with Crippen molar-refractivity contribution in [1.29, 1.82) is 0 Å². The van der Waals surface area contributed by atoms with Gasteiger partial charge in [0.25, 0.3) is 0 Å². The summed E-state index contributed by atoms with van der Waals surface area (Å²) in [4.78, 5) is 15.0. The number of rotatable bonds is 10. The molecule has 61 heavy (non-hydrogen) atoms. The van der Waals surface area contributed by atoms with E-state index in [9.17, 15) is 0 Å². The van der Waals surface area contributed by atoms with Gasteiger partial charge in [0.15, 0.2) is 0 Å². The van der Waals surface area contributed by atoms with E-state index in [1.54, 1.807) is 0 Å². The molecule has 3 heteroatoms. The third-order valence-corrected chi connectivity index (χ3v) is 11.5. The maximum atomic E-state index is 5.17. The molecule has 0 bridgehead atoms. The SMILES string of the molecule is C=N/C(=C\C(=NCc1ccccc1)c1ccc(-c2ccccc2)cc1)c1ccc(-c2ccc(-c3cc(-c4ccccc4)nc4ccc5ccccc5c34)cc2)c2ccccc12. The Kier molecular flexibility index (Phi) is 10.2. The summed E-state index contributed by atoms with van der Waals surface area (Å²) in [6.07, 6.45) is 2.08. The average molecular weight is 780 g/mol. The monoisotopic (exact) mass is 779 g/mol. The summed E-state index contributed by atoms with van der Waals surface area (Å²) in [5.74, 6) is 0. The second-order valence-corrected chi connectivity index (χ2v) is 15.2. The van der Waals surface area contributed by atoms with Crippen LogP contribution < -0.4 is 0 Å². The summed E-state index contributed by atoms with van der Waals surface area (Å²) in [7, 11) is 0. The van der Waals surface area contributed by atoms with Crippen LogP contribution >= 0.6 is 0 Å². The van der Waals surface area contributed by atoms with Crippen molar-refractivity contribution in [2.45, 2.75) is 6.54 Å². The molecule has 10 aromatic rings.